The minimum Gasteiger partial charge on any atom is -0.370 e. The minimum absolute atomic E-state index is 0. The first-order chi connectivity index (χ1) is 10.1. The normalized spacial score (nSPS) is 19.0. The second kappa shape index (κ2) is 9.67. The van der Waals surface area contributed by atoms with E-state index >= 15 is 0 Å². The van der Waals surface area contributed by atoms with Gasteiger partial charge < -0.3 is 11.1 Å². The van der Waals surface area contributed by atoms with Crippen molar-refractivity contribution in [3.63, 3.8) is 0 Å². The van der Waals surface area contributed by atoms with E-state index in [1.165, 1.54) is 18.9 Å². The molecule has 0 radical (unpaired) electrons. The van der Waals surface area contributed by atoms with Gasteiger partial charge in [0.1, 0.15) is 5.82 Å². The Bertz CT molecular complexity index is 512. The standard InChI is InChI=1S/C15H22BrFN4.HI/c1-2-21-7-3-4-13(21)10-20-15(18)19-9-11-8-12(16)5-6-14(11)17;/h5-6,8,13H,2-4,7,9-10H2,1H3,(H3,18,19,20);1H. The van der Waals surface area contributed by atoms with Gasteiger partial charge >= 0.3 is 0 Å². The molecule has 1 unspecified atom stereocenters. The largest absolute Gasteiger partial charge is 0.370 e. The van der Waals surface area contributed by atoms with Crippen LogP contribution in [0.1, 0.15) is 25.3 Å². The molecule has 0 aromatic heterocycles. The maximum absolute atomic E-state index is 13.6. The number of nitrogens with two attached hydrogens (primary N) is 1. The van der Waals surface area contributed by atoms with E-state index in [1.54, 1.807) is 12.1 Å². The van der Waals surface area contributed by atoms with Crippen LogP contribution in [0, 0.1) is 5.82 Å². The number of benzene rings is 1. The van der Waals surface area contributed by atoms with E-state index in [4.69, 9.17) is 5.73 Å². The minimum atomic E-state index is -0.261. The van der Waals surface area contributed by atoms with Crippen LogP contribution in [0.15, 0.2) is 27.7 Å². The highest BCUT2D eigenvalue weighted by Gasteiger charge is 2.22. The zero-order chi connectivity index (χ0) is 15.2. The van der Waals surface area contributed by atoms with Gasteiger partial charge in [0.25, 0.3) is 0 Å². The van der Waals surface area contributed by atoms with E-state index in [1.807, 2.05) is 0 Å². The van der Waals surface area contributed by atoms with E-state index in [-0.39, 0.29) is 36.3 Å². The lowest BCUT2D eigenvalue weighted by molar-refractivity contribution is 0.267. The Morgan fingerprint density at radius 1 is 1.55 bits per heavy atom. The Morgan fingerprint density at radius 2 is 2.32 bits per heavy atom. The molecule has 22 heavy (non-hydrogen) atoms. The highest BCUT2D eigenvalue weighted by molar-refractivity contribution is 14.0. The molecule has 0 bridgehead atoms. The number of nitrogens with zero attached hydrogens (tertiary/aromatic N) is 2. The predicted octanol–water partition coefficient (Wildman–Crippen LogP) is 3.09. The van der Waals surface area contributed by atoms with Crippen LogP contribution in [-0.4, -0.2) is 36.5 Å². The summed E-state index contributed by atoms with van der Waals surface area (Å²) >= 11 is 3.33. The highest BCUT2D eigenvalue weighted by Crippen LogP contribution is 2.17. The maximum Gasteiger partial charge on any atom is 0.188 e. The lowest BCUT2D eigenvalue weighted by Crippen LogP contribution is -2.42. The fourth-order valence-corrected chi connectivity index (χ4v) is 3.06. The van der Waals surface area contributed by atoms with Crippen LogP contribution in [0.4, 0.5) is 4.39 Å². The molecule has 1 fully saturated rings. The van der Waals surface area contributed by atoms with E-state index in [0.29, 0.717) is 17.6 Å². The summed E-state index contributed by atoms with van der Waals surface area (Å²) < 4.78 is 14.4. The average Bonchev–Trinajstić information content (AvgIpc) is 2.93. The van der Waals surface area contributed by atoms with Gasteiger partial charge in [-0.3, -0.25) is 4.90 Å². The molecule has 1 aliphatic rings. The van der Waals surface area contributed by atoms with Gasteiger partial charge in [0.2, 0.25) is 0 Å². The Kier molecular flexibility index (Phi) is 8.63. The summed E-state index contributed by atoms with van der Waals surface area (Å²) in [6, 6.07) is 5.34. The molecular weight excluding hydrogens is 462 g/mol. The number of aliphatic imine (C=N–C) groups is 1. The first-order valence-corrected chi connectivity index (χ1v) is 8.11. The summed E-state index contributed by atoms with van der Waals surface area (Å²) in [5, 5.41) is 3.15. The lowest BCUT2D eigenvalue weighted by Gasteiger charge is -2.23. The fraction of sp³-hybridized carbons (Fsp3) is 0.533. The zero-order valence-electron chi connectivity index (χ0n) is 12.7. The van der Waals surface area contributed by atoms with Crippen molar-refractivity contribution in [2.24, 2.45) is 10.7 Å². The quantitative estimate of drug-likeness (QED) is 0.383. The molecule has 1 aliphatic heterocycles. The third-order valence-electron chi connectivity index (χ3n) is 3.85. The van der Waals surface area contributed by atoms with Crippen molar-refractivity contribution in [2.75, 3.05) is 19.6 Å². The van der Waals surface area contributed by atoms with Gasteiger partial charge in [0, 0.05) is 22.6 Å². The van der Waals surface area contributed by atoms with E-state index in [9.17, 15) is 4.39 Å². The molecule has 3 N–H and O–H groups in total. The number of hydrogen-bond acceptors (Lipinski definition) is 2. The van der Waals surface area contributed by atoms with Gasteiger partial charge in [-0.15, -0.1) is 24.0 Å². The summed E-state index contributed by atoms with van der Waals surface area (Å²) in [6.45, 7) is 5.43. The molecule has 7 heteroatoms. The predicted molar refractivity (Wildman–Crippen MR) is 103 cm³/mol. The van der Waals surface area contributed by atoms with Crippen LogP contribution in [-0.2, 0) is 6.54 Å². The monoisotopic (exact) mass is 484 g/mol. The van der Waals surface area contributed by atoms with Crippen molar-refractivity contribution >= 4 is 45.9 Å². The second-order valence-corrected chi connectivity index (χ2v) is 6.16. The molecule has 1 aromatic rings. The molecule has 124 valence electrons. The van der Waals surface area contributed by atoms with Gasteiger partial charge in [-0.2, -0.15) is 0 Å². The molecule has 1 saturated heterocycles. The van der Waals surface area contributed by atoms with E-state index < -0.39 is 0 Å². The summed E-state index contributed by atoms with van der Waals surface area (Å²) in [7, 11) is 0. The highest BCUT2D eigenvalue weighted by atomic mass is 127. The summed E-state index contributed by atoms with van der Waals surface area (Å²) in [5.74, 6) is 0.111. The smallest absolute Gasteiger partial charge is 0.188 e. The van der Waals surface area contributed by atoms with Crippen LogP contribution in [0.3, 0.4) is 0 Å². The third-order valence-corrected chi connectivity index (χ3v) is 4.34. The van der Waals surface area contributed by atoms with Crippen LogP contribution in [0.5, 0.6) is 0 Å². The topological polar surface area (TPSA) is 53.6 Å². The van der Waals surface area contributed by atoms with Crippen molar-refractivity contribution in [3.05, 3.63) is 34.1 Å². The number of halogens is 3. The molecule has 0 spiro atoms. The van der Waals surface area contributed by atoms with Crippen molar-refractivity contribution in [1.82, 2.24) is 10.2 Å². The van der Waals surface area contributed by atoms with Gasteiger partial charge in [0.05, 0.1) is 6.54 Å². The van der Waals surface area contributed by atoms with Crippen molar-refractivity contribution in [2.45, 2.75) is 32.4 Å². The first-order valence-electron chi connectivity index (χ1n) is 7.32. The number of guanidine groups is 1. The van der Waals surface area contributed by atoms with Gasteiger partial charge in [-0.25, -0.2) is 9.38 Å². The fourth-order valence-electron chi connectivity index (χ4n) is 2.66. The SMILES string of the molecule is CCN1CCCC1CNC(N)=NCc1cc(Br)ccc1F.I. The van der Waals surface area contributed by atoms with E-state index in [0.717, 1.165) is 24.1 Å². The second-order valence-electron chi connectivity index (χ2n) is 5.24. The number of nitrogens with one attached hydrogen (secondary N) is 1. The Hall–Kier alpha value is -0.410. The molecule has 4 nitrogen and oxygen atoms in total. The average molecular weight is 485 g/mol. The molecule has 2 rings (SSSR count). The Balaban J connectivity index is 0.00000242. The molecule has 0 aliphatic carbocycles. The molecule has 0 saturated carbocycles. The van der Waals surface area contributed by atoms with Gasteiger partial charge in [-0.1, -0.05) is 22.9 Å². The van der Waals surface area contributed by atoms with Gasteiger partial charge in [-0.05, 0) is 44.1 Å². The Labute approximate surface area is 156 Å². The molecule has 1 aromatic carbocycles. The summed E-state index contributed by atoms with van der Waals surface area (Å²) in [4.78, 5) is 6.65. The molecule has 0 amide bonds. The third kappa shape index (κ3) is 5.66. The van der Waals surface area contributed by atoms with E-state index in [2.05, 4.69) is 38.1 Å². The summed E-state index contributed by atoms with van der Waals surface area (Å²) in [5.41, 5.74) is 6.39. The number of likely N-dealkylation sites (N-methyl/N-ethyl adjacent to an activating group) is 1. The van der Waals surface area contributed by atoms with Crippen LogP contribution in [0.2, 0.25) is 0 Å². The molecule has 1 atom stereocenters. The number of rotatable bonds is 5. The van der Waals surface area contributed by atoms with Crippen LogP contribution >= 0.6 is 39.9 Å². The maximum atomic E-state index is 13.6. The first kappa shape index (κ1) is 19.6. The number of hydrogen-bond donors (Lipinski definition) is 2. The van der Waals surface area contributed by atoms with Crippen molar-refractivity contribution in [1.29, 1.82) is 0 Å². The zero-order valence-corrected chi connectivity index (χ0v) is 16.6. The Morgan fingerprint density at radius 3 is 3.05 bits per heavy atom. The molecular formula is C15H23BrFIN4. The number of likely N-dealkylation sites (tertiary alicyclic amines) is 1. The van der Waals surface area contributed by atoms with Gasteiger partial charge in [0.15, 0.2) is 5.96 Å². The van der Waals surface area contributed by atoms with Crippen molar-refractivity contribution in [3.8, 4) is 0 Å². The van der Waals surface area contributed by atoms with Crippen LogP contribution in [0.25, 0.3) is 0 Å². The van der Waals surface area contributed by atoms with Crippen LogP contribution < -0.4 is 11.1 Å². The van der Waals surface area contributed by atoms with Crippen molar-refractivity contribution < 1.29 is 4.39 Å². The summed E-state index contributed by atoms with van der Waals surface area (Å²) in [6.07, 6.45) is 2.43. The molecule has 1 heterocycles. The lowest BCUT2D eigenvalue weighted by atomic mass is 10.2.